The molecule has 4 atom stereocenters. The molecule has 2 fully saturated rings. The SMILES string of the molecule is O=C(OCCC(F)(F)C(F)(F)S(=O)(=O)O)C1CC2OC1CC21OCc2c(I)c(I)cc(I)c2O1. The first kappa shape index (κ1) is 27.3. The number of hydrogen-bond acceptors (Lipinski definition) is 7. The number of hydrogen-bond donors (Lipinski definition) is 1. The van der Waals surface area contributed by atoms with E-state index in [-0.39, 0.29) is 19.4 Å². The molecule has 2 bridgehead atoms. The Kier molecular flexibility index (Phi) is 7.38. The molecule has 2 saturated heterocycles. The number of benzene rings is 1. The number of rotatable bonds is 6. The highest BCUT2D eigenvalue weighted by atomic mass is 127. The predicted octanol–water partition coefficient (Wildman–Crippen LogP) is 4.33. The molecule has 3 aliphatic heterocycles. The molecular weight excluding hydrogens is 833 g/mol. The molecular formula is C18H15F4I3O8S. The Bertz CT molecular complexity index is 1130. The lowest BCUT2D eigenvalue weighted by atomic mass is 9.84. The summed E-state index contributed by atoms with van der Waals surface area (Å²) in [5.74, 6) is -7.37. The second-order valence-corrected chi connectivity index (χ2v) is 12.9. The standard InChI is InChI=1S/C18H15F4I3O8S/c19-17(20,18(21,22)34(27,28)29)1-2-30-15(26)7-3-12-16(5-11(7)32-12)31-6-8-13(25)9(23)4-10(24)14(8)33-16/h4,7,11-12H,1-3,5-6H2,(H,27,28,29). The van der Waals surface area contributed by atoms with Crippen molar-refractivity contribution >= 4 is 83.9 Å². The third-order valence-electron chi connectivity index (χ3n) is 5.90. The van der Waals surface area contributed by atoms with Crippen molar-refractivity contribution < 1.29 is 54.3 Å². The number of esters is 1. The molecule has 16 heteroatoms. The van der Waals surface area contributed by atoms with E-state index in [0.29, 0.717) is 5.75 Å². The van der Waals surface area contributed by atoms with Crippen LogP contribution in [0, 0.1) is 16.6 Å². The summed E-state index contributed by atoms with van der Waals surface area (Å²) < 4.78 is 109. The summed E-state index contributed by atoms with van der Waals surface area (Å²) in [6.07, 6.45) is -2.85. The van der Waals surface area contributed by atoms with Gasteiger partial charge in [0.15, 0.2) is 0 Å². The van der Waals surface area contributed by atoms with E-state index >= 15 is 0 Å². The maximum absolute atomic E-state index is 13.6. The maximum Gasteiger partial charge on any atom is 0.431 e. The van der Waals surface area contributed by atoms with Crippen LogP contribution in [-0.2, 0) is 35.7 Å². The zero-order valence-corrected chi connectivity index (χ0v) is 24.0. The number of carbonyl (C=O) groups is 1. The minimum Gasteiger partial charge on any atom is -0.465 e. The molecule has 0 aliphatic carbocycles. The van der Waals surface area contributed by atoms with E-state index in [1.807, 2.05) is 6.07 Å². The van der Waals surface area contributed by atoms with Crippen molar-refractivity contribution in [1.82, 2.24) is 0 Å². The highest BCUT2D eigenvalue weighted by Gasteiger charge is 2.66. The molecule has 1 aromatic rings. The predicted molar refractivity (Wildman–Crippen MR) is 131 cm³/mol. The Labute approximate surface area is 231 Å². The van der Waals surface area contributed by atoms with Gasteiger partial charge < -0.3 is 18.9 Å². The van der Waals surface area contributed by atoms with E-state index in [0.717, 1.165) is 16.3 Å². The number of carbonyl (C=O) groups excluding carboxylic acids is 1. The largest absolute Gasteiger partial charge is 0.465 e. The molecule has 1 aromatic carbocycles. The van der Waals surface area contributed by atoms with Crippen molar-refractivity contribution in [3.63, 3.8) is 0 Å². The fourth-order valence-electron chi connectivity index (χ4n) is 4.12. The van der Waals surface area contributed by atoms with Gasteiger partial charge >= 0.3 is 27.3 Å². The molecule has 0 saturated carbocycles. The van der Waals surface area contributed by atoms with Crippen LogP contribution in [0.3, 0.4) is 0 Å². The average molecular weight is 848 g/mol. The second kappa shape index (κ2) is 9.21. The van der Waals surface area contributed by atoms with Crippen LogP contribution in [0.5, 0.6) is 5.75 Å². The summed E-state index contributed by atoms with van der Waals surface area (Å²) in [6.45, 7) is -0.898. The Balaban J connectivity index is 1.37. The Hall–Kier alpha value is 0.230. The average Bonchev–Trinajstić information content (AvgIpc) is 3.29. The third-order valence-corrected chi connectivity index (χ3v) is 10.8. The molecule has 4 rings (SSSR count). The molecule has 3 heterocycles. The number of alkyl halides is 4. The lowest BCUT2D eigenvalue weighted by Crippen LogP contribution is -2.52. The van der Waals surface area contributed by atoms with Gasteiger partial charge in [0.1, 0.15) is 11.9 Å². The number of halogens is 7. The van der Waals surface area contributed by atoms with Crippen LogP contribution in [0.15, 0.2) is 6.07 Å². The topological polar surface area (TPSA) is 108 Å². The summed E-state index contributed by atoms with van der Waals surface area (Å²) >= 11 is 6.59. The normalized spacial score (nSPS) is 28.6. The van der Waals surface area contributed by atoms with E-state index < -0.39 is 64.2 Å². The van der Waals surface area contributed by atoms with Crippen LogP contribution in [0.1, 0.15) is 24.8 Å². The van der Waals surface area contributed by atoms with Gasteiger partial charge in [-0.2, -0.15) is 26.0 Å². The molecule has 0 amide bonds. The molecule has 1 spiro atoms. The highest BCUT2D eigenvalue weighted by Crippen LogP contribution is 2.52. The zero-order valence-electron chi connectivity index (χ0n) is 16.7. The summed E-state index contributed by atoms with van der Waals surface area (Å²) in [5, 5.41) is -5.71. The quantitative estimate of drug-likeness (QED) is 0.148. The molecule has 4 unspecified atom stereocenters. The number of ether oxygens (including phenoxy) is 4. The molecule has 190 valence electrons. The molecule has 34 heavy (non-hydrogen) atoms. The first-order valence-electron chi connectivity index (χ1n) is 9.64. The lowest BCUT2D eigenvalue weighted by molar-refractivity contribution is -0.232. The van der Waals surface area contributed by atoms with Crippen LogP contribution in [-0.4, -0.2) is 54.7 Å². The highest BCUT2D eigenvalue weighted by molar-refractivity contribution is 14.1. The first-order chi connectivity index (χ1) is 15.6. The third kappa shape index (κ3) is 4.54. The van der Waals surface area contributed by atoms with E-state index in [9.17, 15) is 30.8 Å². The second-order valence-electron chi connectivity index (χ2n) is 7.99. The number of fused-ring (bicyclic) bond motifs is 4. The molecule has 0 aromatic heterocycles. The van der Waals surface area contributed by atoms with Crippen molar-refractivity contribution in [1.29, 1.82) is 0 Å². The zero-order chi connectivity index (χ0) is 25.3. The van der Waals surface area contributed by atoms with Gasteiger partial charge in [0.25, 0.3) is 0 Å². The smallest absolute Gasteiger partial charge is 0.431 e. The maximum atomic E-state index is 13.6. The first-order valence-corrected chi connectivity index (χ1v) is 14.3. The fourth-order valence-corrected chi connectivity index (χ4v) is 7.14. The Morgan fingerprint density at radius 2 is 1.91 bits per heavy atom. The van der Waals surface area contributed by atoms with Crippen molar-refractivity contribution in [2.45, 2.75) is 55.0 Å². The van der Waals surface area contributed by atoms with Gasteiger partial charge in [-0.3, -0.25) is 9.35 Å². The van der Waals surface area contributed by atoms with E-state index in [1.165, 1.54) is 0 Å². The van der Waals surface area contributed by atoms with Gasteiger partial charge in [0.2, 0.25) is 5.79 Å². The van der Waals surface area contributed by atoms with E-state index in [1.54, 1.807) is 0 Å². The van der Waals surface area contributed by atoms with Crippen LogP contribution < -0.4 is 4.74 Å². The van der Waals surface area contributed by atoms with Gasteiger partial charge in [-0.15, -0.1) is 0 Å². The molecule has 0 radical (unpaired) electrons. The van der Waals surface area contributed by atoms with Crippen LogP contribution in [0.4, 0.5) is 17.6 Å². The molecule has 3 aliphatic rings. The van der Waals surface area contributed by atoms with Crippen LogP contribution >= 0.6 is 67.8 Å². The Morgan fingerprint density at radius 3 is 2.50 bits per heavy atom. The summed E-state index contributed by atoms with van der Waals surface area (Å²) in [7, 11) is -6.35. The van der Waals surface area contributed by atoms with Crippen LogP contribution in [0.25, 0.3) is 0 Å². The minimum absolute atomic E-state index is 0.106. The minimum atomic E-state index is -6.35. The molecule has 1 N–H and O–H groups in total. The molecule has 8 nitrogen and oxygen atoms in total. The van der Waals surface area contributed by atoms with Gasteiger partial charge in [-0.25, -0.2) is 0 Å². The fraction of sp³-hybridized carbons (Fsp3) is 0.611. The van der Waals surface area contributed by atoms with Crippen LogP contribution in [0.2, 0.25) is 0 Å². The van der Waals surface area contributed by atoms with Gasteiger partial charge in [-0.05, 0) is 80.3 Å². The van der Waals surface area contributed by atoms with E-state index in [2.05, 4.69) is 67.8 Å². The van der Waals surface area contributed by atoms with Gasteiger partial charge in [0, 0.05) is 19.1 Å². The van der Waals surface area contributed by atoms with Crippen molar-refractivity contribution in [2.75, 3.05) is 6.61 Å². The van der Waals surface area contributed by atoms with Gasteiger partial charge in [-0.1, -0.05) is 0 Å². The monoisotopic (exact) mass is 848 g/mol. The summed E-state index contributed by atoms with van der Waals surface area (Å²) in [6, 6.07) is 1.97. The van der Waals surface area contributed by atoms with Crippen molar-refractivity contribution in [3.8, 4) is 5.75 Å². The van der Waals surface area contributed by atoms with Crippen molar-refractivity contribution in [2.24, 2.45) is 5.92 Å². The van der Waals surface area contributed by atoms with Gasteiger partial charge in [0.05, 0.1) is 35.2 Å². The summed E-state index contributed by atoms with van der Waals surface area (Å²) in [5.41, 5.74) is 0.906. The lowest BCUT2D eigenvalue weighted by Gasteiger charge is -2.41. The summed E-state index contributed by atoms with van der Waals surface area (Å²) in [4.78, 5) is 12.4. The van der Waals surface area contributed by atoms with Crippen molar-refractivity contribution in [3.05, 3.63) is 22.3 Å². The van der Waals surface area contributed by atoms with E-state index in [4.69, 9.17) is 23.5 Å². The Morgan fingerprint density at radius 1 is 1.24 bits per heavy atom.